The molecule has 0 unspecified atom stereocenters. The van der Waals surface area contributed by atoms with Crippen molar-refractivity contribution in [1.82, 2.24) is 5.16 Å². The van der Waals surface area contributed by atoms with Crippen molar-refractivity contribution in [2.75, 3.05) is 5.73 Å². The Morgan fingerprint density at radius 2 is 2.05 bits per heavy atom. The van der Waals surface area contributed by atoms with Crippen molar-refractivity contribution < 1.29 is 4.52 Å². The van der Waals surface area contributed by atoms with Crippen LogP contribution in [0.4, 0.5) is 5.82 Å². The highest BCUT2D eigenvalue weighted by atomic mass is 35.5. The number of hydrogen-bond acceptors (Lipinski definition) is 3. The lowest BCUT2D eigenvalue weighted by Gasteiger charge is -2.21. The first-order chi connectivity index (χ1) is 9.10. The van der Waals surface area contributed by atoms with Crippen LogP contribution in [-0.2, 0) is 5.41 Å². The highest BCUT2D eigenvalue weighted by molar-refractivity contribution is 6.30. The summed E-state index contributed by atoms with van der Waals surface area (Å²) in [5, 5.41) is 4.67. The van der Waals surface area contributed by atoms with Crippen molar-refractivity contribution >= 4 is 17.4 Å². The molecule has 0 amide bonds. The van der Waals surface area contributed by atoms with Crippen molar-refractivity contribution in [3.05, 3.63) is 35.0 Å². The van der Waals surface area contributed by atoms with Gasteiger partial charge in [-0.1, -0.05) is 48.7 Å². The van der Waals surface area contributed by atoms with Gasteiger partial charge in [0.2, 0.25) is 0 Å². The Balaban J connectivity index is 2.13. The van der Waals surface area contributed by atoms with Crippen LogP contribution in [0.25, 0.3) is 11.1 Å². The number of aromatic nitrogens is 1. The average Bonchev–Trinajstić information content (AvgIpc) is 2.97. The molecule has 0 saturated heterocycles. The molecule has 0 radical (unpaired) electrons. The lowest BCUT2D eigenvalue weighted by molar-refractivity contribution is 0.307. The fraction of sp³-hybridized carbons (Fsp3) is 0.400. The summed E-state index contributed by atoms with van der Waals surface area (Å²) in [4.78, 5) is 0. The van der Waals surface area contributed by atoms with Crippen molar-refractivity contribution in [3.8, 4) is 11.1 Å². The van der Waals surface area contributed by atoms with E-state index in [1.165, 1.54) is 12.8 Å². The van der Waals surface area contributed by atoms with E-state index in [1.54, 1.807) is 0 Å². The number of halogens is 1. The summed E-state index contributed by atoms with van der Waals surface area (Å²) in [6.45, 7) is 2.23. The maximum absolute atomic E-state index is 6.07. The first kappa shape index (κ1) is 12.5. The van der Waals surface area contributed by atoms with Crippen molar-refractivity contribution in [2.45, 2.75) is 38.0 Å². The Kier molecular flexibility index (Phi) is 3.02. The summed E-state index contributed by atoms with van der Waals surface area (Å²) >= 11 is 6.07. The number of nitrogens with two attached hydrogens (primary N) is 1. The van der Waals surface area contributed by atoms with Gasteiger partial charge in [-0.15, -0.1) is 0 Å². The number of rotatable bonds is 2. The van der Waals surface area contributed by atoms with Crippen LogP contribution in [0.2, 0.25) is 5.02 Å². The quantitative estimate of drug-likeness (QED) is 0.884. The van der Waals surface area contributed by atoms with Crippen LogP contribution in [0.5, 0.6) is 0 Å². The van der Waals surface area contributed by atoms with Crippen LogP contribution in [0, 0.1) is 0 Å². The van der Waals surface area contributed by atoms with Gasteiger partial charge in [0.15, 0.2) is 11.6 Å². The van der Waals surface area contributed by atoms with E-state index >= 15 is 0 Å². The summed E-state index contributed by atoms with van der Waals surface area (Å²) in [6, 6.07) is 7.68. The number of benzene rings is 1. The molecule has 4 heteroatoms. The van der Waals surface area contributed by atoms with Gasteiger partial charge in [-0.3, -0.25) is 0 Å². The summed E-state index contributed by atoms with van der Waals surface area (Å²) < 4.78 is 5.56. The van der Waals surface area contributed by atoms with Crippen LogP contribution >= 0.6 is 11.6 Å². The Morgan fingerprint density at radius 3 is 2.74 bits per heavy atom. The first-order valence-electron chi connectivity index (χ1n) is 6.62. The number of nitrogen functional groups attached to an aromatic ring is 1. The molecule has 100 valence electrons. The van der Waals surface area contributed by atoms with Gasteiger partial charge in [-0.2, -0.15) is 0 Å². The minimum atomic E-state index is 0.0439. The molecule has 0 spiro atoms. The normalized spacial score (nSPS) is 17.8. The van der Waals surface area contributed by atoms with Crippen molar-refractivity contribution in [2.24, 2.45) is 0 Å². The molecule has 1 aromatic carbocycles. The van der Waals surface area contributed by atoms with Gasteiger partial charge in [0.05, 0.1) is 5.56 Å². The zero-order chi connectivity index (χ0) is 13.5. The molecule has 3 nitrogen and oxygen atoms in total. The van der Waals surface area contributed by atoms with E-state index in [0.29, 0.717) is 10.8 Å². The first-order valence-corrected chi connectivity index (χ1v) is 6.99. The largest absolute Gasteiger partial charge is 0.380 e. The van der Waals surface area contributed by atoms with E-state index in [-0.39, 0.29) is 5.41 Å². The number of anilines is 1. The van der Waals surface area contributed by atoms with E-state index in [2.05, 4.69) is 12.1 Å². The van der Waals surface area contributed by atoms with E-state index in [4.69, 9.17) is 21.9 Å². The van der Waals surface area contributed by atoms with E-state index < -0.39 is 0 Å². The zero-order valence-corrected chi connectivity index (χ0v) is 11.7. The van der Waals surface area contributed by atoms with Gasteiger partial charge in [0.1, 0.15) is 0 Å². The Labute approximate surface area is 117 Å². The molecular weight excluding hydrogens is 260 g/mol. The minimum absolute atomic E-state index is 0.0439. The van der Waals surface area contributed by atoms with Crippen LogP contribution in [0.15, 0.2) is 28.8 Å². The molecule has 2 aromatic rings. The van der Waals surface area contributed by atoms with E-state index in [1.807, 2.05) is 24.3 Å². The van der Waals surface area contributed by atoms with Crippen molar-refractivity contribution in [1.29, 1.82) is 0 Å². The molecule has 19 heavy (non-hydrogen) atoms. The third-order valence-corrected chi connectivity index (χ3v) is 4.32. The average molecular weight is 277 g/mol. The highest BCUT2D eigenvalue weighted by Gasteiger charge is 2.37. The third-order valence-electron chi connectivity index (χ3n) is 4.09. The molecule has 1 aliphatic rings. The lowest BCUT2D eigenvalue weighted by atomic mass is 9.82. The topological polar surface area (TPSA) is 52.0 Å². The van der Waals surface area contributed by atoms with Gasteiger partial charge in [0, 0.05) is 10.4 Å². The van der Waals surface area contributed by atoms with Gasteiger partial charge in [-0.25, -0.2) is 0 Å². The van der Waals surface area contributed by atoms with Gasteiger partial charge >= 0.3 is 0 Å². The Bertz CT molecular complexity index is 600. The smallest absolute Gasteiger partial charge is 0.175 e. The molecule has 1 fully saturated rings. The van der Waals surface area contributed by atoms with Gasteiger partial charge in [0.25, 0.3) is 0 Å². The molecule has 1 aliphatic carbocycles. The predicted molar refractivity (Wildman–Crippen MR) is 77.2 cm³/mol. The van der Waals surface area contributed by atoms with Crippen molar-refractivity contribution in [3.63, 3.8) is 0 Å². The summed E-state index contributed by atoms with van der Waals surface area (Å²) in [6.07, 6.45) is 4.70. The second-order valence-corrected chi connectivity index (χ2v) is 5.99. The van der Waals surface area contributed by atoms with Crippen LogP contribution < -0.4 is 5.73 Å². The monoisotopic (exact) mass is 276 g/mol. The van der Waals surface area contributed by atoms with Crippen LogP contribution in [0.3, 0.4) is 0 Å². The molecule has 0 atom stereocenters. The molecule has 3 rings (SSSR count). The third kappa shape index (κ3) is 2.12. The summed E-state index contributed by atoms with van der Waals surface area (Å²) in [7, 11) is 0. The maximum Gasteiger partial charge on any atom is 0.175 e. The van der Waals surface area contributed by atoms with E-state index in [9.17, 15) is 0 Å². The Hall–Kier alpha value is -1.48. The minimum Gasteiger partial charge on any atom is -0.380 e. The summed E-state index contributed by atoms with van der Waals surface area (Å²) in [5.41, 5.74) is 7.94. The van der Waals surface area contributed by atoms with E-state index in [0.717, 1.165) is 29.7 Å². The standard InChI is InChI=1S/C15H17ClN2O/c1-15(7-2-3-8-15)13-12(14(17)18-19-13)10-5-4-6-11(16)9-10/h4-6,9H,2-3,7-8H2,1H3,(H2,17,18). The number of hydrogen-bond donors (Lipinski definition) is 1. The molecule has 0 aliphatic heterocycles. The fourth-order valence-corrected chi connectivity index (χ4v) is 3.21. The highest BCUT2D eigenvalue weighted by Crippen LogP contribution is 2.46. The fourth-order valence-electron chi connectivity index (χ4n) is 3.02. The summed E-state index contributed by atoms with van der Waals surface area (Å²) in [5.74, 6) is 1.36. The Morgan fingerprint density at radius 1 is 1.32 bits per heavy atom. The molecule has 0 bridgehead atoms. The molecule has 1 saturated carbocycles. The molecule has 1 aromatic heterocycles. The second kappa shape index (κ2) is 4.57. The number of nitrogens with zero attached hydrogens (tertiary/aromatic N) is 1. The maximum atomic E-state index is 6.07. The molecule has 2 N–H and O–H groups in total. The van der Waals surface area contributed by atoms with Gasteiger partial charge < -0.3 is 10.3 Å². The zero-order valence-electron chi connectivity index (χ0n) is 10.9. The van der Waals surface area contributed by atoms with Crippen LogP contribution in [0.1, 0.15) is 38.4 Å². The van der Waals surface area contributed by atoms with Gasteiger partial charge in [-0.05, 0) is 30.5 Å². The predicted octanol–water partition coefficient (Wildman–Crippen LogP) is 4.41. The SMILES string of the molecule is CC1(c2onc(N)c2-c2cccc(Cl)c2)CCCC1. The molecule has 1 heterocycles. The van der Waals surface area contributed by atoms with Crippen LogP contribution in [-0.4, -0.2) is 5.16 Å². The molecular formula is C15H17ClN2O. The second-order valence-electron chi connectivity index (χ2n) is 5.55. The lowest BCUT2D eigenvalue weighted by Crippen LogP contribution is -2.17.